The Morgan fingerprint density at radius 3 is 2.58 bits per heavy atom. The van der Waals surface area contributed by atoms with Gasteiger partial charge in [-0.2, -0.15) is 0 Å². The van der Waals surface area contributed by atoms with Gasteiger partial charge in [-0.15, -0.1) is 0 Å². The summed E-state index contributed by atoms with van der Waals surface area (Å²) in [5.74, 6) is 1.85. The molecule has 1 heterocycles. The van der Waals surface area contributed by atoms with E-state index >= 15 is 0 Å². The van der Waals surface area contributed by atoms with Crippen LogP contribution in [-0.2, 0) is 6.42 Å². The fourth-order valence-corrected chi connectivity index (χ4v) is 5.11. The lowest BCUT2D eigenvalue weighted by Crippen LogP contribution is -2.57. The van der Waals surface area contributed by atoms with Gasteiger partial charge in [0.25, 0.3) is 0 Å². The molecule has 0 spiro atoms. The summed E-state index contributed by atoms with van der Waals surface area (Å²) in [6.07, 6.45) is 7.12. The highest BCUT2D eigenvalue weighted by atomic mass is 16.3. The molecule has 2 aliphatic rings. The van der Waals surface area contributed by atoms with Crippen molar-refractivity contribution in [2.24, 2.45) is 17.8 Å². The van der Waals surface area contributed by atoms with E-state index in [4.69, 9.17) is 0 Å². The fraction of sp³-hybridized carbons (Fsp3) is 0.727. The molecule has 134 valence electrons. The molecule has 2 heteroatoms. The van der Waals surface area contributed by atoms with E-state index < -0.39 is 0 Å². The monoisotopic (exact) mass is 329 g/mol. The Labute approximate surface area is 148 Å². The maximum absolute atomic E-state index is 10.7. The van der Waals surface area contributed by atoms with Crippen LogP contribution in [-0.4, -0.2) is 34.7 Å². The van der Waals surface area contributed by atoms with E-state index in [1.807, 2.05) is 0 Å². The van der Waals surface area contributed by atoms with Crippen LogP contribution in [0.2, 0.25) is 0 Å². The predicted molar refractivity (Wildman–Crippen MR) is 101 cm³/mol. The molecule has 0 radical (unpaired) electrons. The zero-order chi connectivity index (χ0) is 17.2. The van der Waals surface area contributed by atoms with Gasteiger partial charge in [0.05, 0.1) is 6.10 Å². The van der Waals surface area contributed by atoms with Crippen LogP contribution in [0, 0.1) is 17.8 Å². The zero-order valence-electron chi connectivity index (χ0n) is 15.7. The normalized spacial score (nSPS) is 32.7. The predicted octanol–water partition coefficient (Wildman–Crippen LogP) is 4.52. The van der Waals surface area contributed by atoms with E-state index in [2.05, 4.69) is 56.0 Å². The largest absolute Gasteiger partial charge is 0.393 e. The summed E-state index contributed by atoms with van der Waals surface area (Å²) in [4.78, 5) is 2.69. The highest BCUT2D eigenvalue weighted by molar-refractivity contribution is 5.15. The van der Waals surface area contributed by atoms with E-state index in [0.29, 0.717) is 11.8 Å². The molecule has 2 nitrogen and oxygen atoms in total. The minimum Gasteiger partial charge on any atom is -0.393 e. The van der Waals surface area contributed by atoms with E-state index in [-0.39, 0.29) is 11.6 Å². The number of aliphatic hydroxyl groups is 1. The lowest BCUT2D eigenvalue weighted by atomic mass is 9.70. The van der Waals surface area contributed by atoms with Gasteiger partial charge in [0.1, 0.15) is 0 Å². The molecule has 0 bridgehead atoms. The van der Waals surface area contributed by atoms with Gasteiger partial charge in [0, 0.05) is 18.0 Å². The first-order chi connectivity index (χ1) is 11.5. The van der Waals surface area contributed by atoms with Gasteiger partial charge in [-0.25, -0.2) is 0 Å². The molecule has 0 unspecified atom stereocenters. The summed E-state index contributed by atoms with van der Waals surface area (Å²) in [7, 11) is 0. The van der Waals surface area contributed by atoms with Crippen LogP contribution in [0.15, 0.2) is 30.3 Å². The maximum Gasteiger partial charge on any atom is 0.0588 e. The van der Waals surface area contributed by atoms with Crippen LogP contribution in [0.3, 0.4) is 0 Å². The molecule has 1 aromatic rings. The summed E-state index contributed by atoms with van der Waals surface area (Å²) in [6.45, 7) is 9.41. The minimum atomic E-state index is -0.127. The molecule has 1 N–H and O–H groups in total. The van der Waals surface area contributed by atoms with Crippen LogP contribution in [0.4, 0.5) is 0 Å². The molecule has 1 saturated carbocycles. The second-order valence-electron chi connectivity index (χ2n) is 8.89. The van der Waals surface area contributed by atoms with Crippen molar-refractivity contribution in [3.63, 3.8) is 0 Å². The van der Waals surface area contributed by atoms with Crippen LogP contribution < -0.4 is 0 Å². The SMILES string of the molecule is C[C@@H]1CC[C@@H](C(C)(C)N2CCC[C@@H](Cc3ccccc3)C2)[C@H](O)C1. The Morgan fingerprint density at radius 1 is 1.12 bits per heavy atom. The Kier molecular flexibility index (Phi) is 5.66. The zero-order valence-corrected chi connectivity index (χ0v) is 15.7. The topological polar surface area (TPSA) is 23.5 Å². The fourth-order valence-electron chi connectivity index (χ4n) is 5.11. The van der Waals surface area contributed by atoms with E-state index in [1.165, 1.54) is 50.8 Å². The number of nitrogens with zero attached hydrogens (tertiary/aromatic N) is 1. The smallest absolute Gasteiger partial charge is 0.0588 e. The molecule has 1 saturated heterocycles. The van der Waals surface area contributed by atoms with Crippen LogP contribution in [0.25, 0.3) is 0 Å². The molecule has 3 rings (SSSR count). The molecule has 1 aliphatic carbocycles. The number of hydrogen-bond donors (Lipinski definition) is 1. The molecule has 1 aliphatic heterocycles. The third kappa shape index (κ3) is 4.03. The van der Waals surface area contributed by atoms with Crippen molar-refractivity contribution in [2.45, 2.75) is 70.9 Å². The first kappa shape index (κ1) is 17.9. The number of aliphatic hydroxyl groups excluding tert-OH is 1. The van der Waals surface area contributed by atoms with Gasteiger partial charge in [0.2, 0.25) is 0 Å². The number of hydrogen-bond acceptors (Lipinski definition) is 2. The average Bonchev–Trinajstić information content (AvgIpc) is 2.56. The Morgan fingerprint density at radius 2 is 1.88 bits per heavy atom. The minimum absolute atomic E-state index is 0.106. The number of likely N-dealkylation sites (tertiary alicyclic amines) is 1. The third-order valence-corrected chi connectivity index (χ3v) is 6.69. The highest BCUT2D eigenvalue weighted by Gasteiger charge is 2.42. The quantitative estimate of drug-likeness (QED) is 0.878. The second-order valence-corrected chi connectivity index (χ2v) is 8.89. The van der Waals surface area contributed by atoms with Crippen molar-refractivity contribution in [3.8, 4) is 0 Å². The lowest BCUT2D eigenvalue weighted by molar-refractivity contribution is -0.0572. The molecular formula is C22H35NO. The first-order valence-electron chi connectivity index (χ1n) is 9.94. The highest BCUT2D eigenvalue weighted by Crippen LogP contribution is 2.40. The van der Waals surface area contributed by atoms with Crippen molar-refractivity contribution >= 4 is 0 Å². The molecule has 24 heavy (non-hydrogen) atoms. The Bertz CT molecular complexity index is 512. The first-order valence-corrected chi connectivity index (χ1v) is 9.94. The van der Waals surface area contributed by atoms with Gasteiger partial charge < -0.3 is 5.11 Å². The van der Waals surface area contributed by atoms with Crippen molar-refractivity contribution in [1.82, 2.24) is 4.90 Å². The van der Waals surface area contributed by atoms with Gasteiger partial charge in [-0.1, -0.05) is 43.7 Å². The summed E-state index contributed by atoms with van der Waals surface area (Å²) in [5.41, 5.74) is 1.57. The summed E-state index contributed by atoms with van der Waals surface area (Å²) < 4.78 is 0. The number of piperidine rings is 1. The van der Waals surface area contributed by atoms with Crippen molar-refractivity contribution in [2.75, 3.05) is 13.1 Å². The second kappa shape index (κ2) is 7.58. The van der Waals surface area contributed by atoms with Crippen LogP contribution in [0.5, 0.6) is 0 Å². The van der Waals surface area contributed by atoms with Crippen molar-refractivity contribution in [3.05, 3.63) is 35.9 Å². The summed E-state index contributed by atoms with van der Waals surface area (Å²) in [5, 5.41) is 10.7. The Balaban J connectivity index is 1.64. The average molecular weight is 330 g/mol. The van der Waals surface area contributed by atoms with Gasteiger partial charge in [-0.3, -0.25) is 4.90 Å². The lowest BCUT2D eigenvalue weighted by Gasteiger charge is -2.51. The molecule has 0 aromatic heterocycles. The van der Waals surface area contributed by atoms with Crippen molar-refractivity contribution in [1.29, 1.82) is 0 Å². The molecule has 2 fully saturated rings. The van der Waals surface area contributed by atoms with Gasteiger partial charge in [0.15, 0.2) is 0 Å². The van der Waals surface area contributed by atoms with Crippen LogP contribution in [0.1, 0.15) is 58.4 Å². The maximum atomic E-state index is 10.7. The van der Waals surface area contributed by atoms with E-state index in [1.54, 1.807) is 0 Å². The molecular weight excluding hydrogens is 294 g/mol. The van der Waals surface area contributed by atoms with Gasteiger partial charge >= 0.3 is 0 Å². The molecule has 1 aromatic carbocycles. The third-order valence-electron chi connectivity index (χ3n) is 6.69. The number of benzene rings is 1. The van der Waals surface area contributed by atoms with E-state index in [9.17, 15) is 5.11 Å². The van der Waals surface area contributed by atoms with Crippen LogP contribution >= 0.6 is 0 Å². The summed E-state index contributed by atoms with van der Waals surface area (Å²) >= 11 is 0. The standard InChI is InChI=1S/C22H35NO/c1-17-11-12-20(21(24)14-17)22(2,3)23-13-7-10-19(16-23)15-18-8-5-4-6-9-18/h4-6,8-9,17,19-21,24H,7,10-16H2,1-3H3/t17-,19+,20-,21-/m1/s1. The Hall–Kier alpha value is -0.860. The van der Waals surface area contributed by atoms with Crippen molar-refractivity contribution < 1.29 is 5.11 Å². The molecule has 4 atom stereocenters. The number of rotatable bonds is 4. The van der Waals surface area contributed by atoms with Gasteiger partial charge in [-0.05, 0) is 69.9 Å². The van der Waals surface area contributed by atoms with E-state index in [0.717, 1.165) is 12.3 Å². The summed E-state index contributed by atoms with van der Waals surface area (Å²) in [6, 6.07) is 10.9. The molecule has 0 amide bonds.